The van der Waals surface area contributed by atoms with E-state index in [0.717, 1.165) is 18.1 Å². The van der Waals surface area contributed by atoms with Gasteiger partial charge < -0.3 is 10.3 Å². The molecule has 0 aromatic carbocycles. The lowest BCUT2D eigenvalue weighted by molar-refractivity contribution is -0.264. The third-order valence-electron chi connectivity index (χ3n) is 13.8. The lowest BCUT2D eigenvalue weighted by Gasteiger charge is -2.75. The second-order valence-corrected chi connectivity index (χ2v) is 15.6. The Morgan fingerprint density at radius 3 is 2.03 bits per heavy atom. The molecule has 0 aromatic rings. The van der Waals surface area contributed by atoms with Crippen LogP contribution in [0.2, 0.25) is 0 Å². The van der Waals surface area contributed by atoms with E-state index in [-0.39, 0.29) is 22.9 Å². The zero-order valence-electron chi connectivity index (χ0n) is 22.8. The van der Waals surface area contributed by atoms with Crippen molar-refractivity contribution in [3.05, 3.63) is 0 Å². The minimum absolute atomic E-state index is 0.0184. The topological polar surface area (TPSA) is 52.8 Å². The summed E-state index contributed by atoms with van der Waals surface area (Å²) in [6, 6.07) is 0. The van der Waals surface area contributed by atoms with Gasteiger partial charge in [0, 0.05) is 12.3 Å². The summed E-state index contributed by atoms with van der Waals surface area (Å²) in [6.45, 7) is 20.2. The number of nitrogens with zero attached hydrogens (tertiary/aromatic N) is 1. The molecule has 5 fully saturated rings. The van der Waals surface area contributed by atoms with Crippen molar-refractivity contribution in [2.45, 2.75) is 126 Å². The molecule has 0 radical (unpaired) electrons. The van der Waals surface area contributed by atoms with Gasteiger partial charge in [-0.25, -0.2) is 0 Å². The van der Waals surface area contributed by atoms with Crippen LogP contribution in [0.4, 0.5) is 0 Å². The van der Waals surface area contributed by atoms with E-state index in [9.17, 15) is 10.3 Å². The zero-order chi connectivity index (χ0) is 24.2. The first kappa shape index (κ1) is 24.1. The van der Waals surface area contributed by atoms with Gasteiger partial charge in [-0.2, -0.15) is 0 Å². The van der Waals surface area contributed by atoms with E-state index in [0.29, 0.717) is 39.9 Å². The maximum absolute atomic E-state index is 11.5. The molecule has 0 amide bonds. The maximum atomic E-state index is 11.5. The van der Waals surface area contributed by atoms with Crippen LogP contribution in [0.25, 0.3) is 0 Å². The van der Waals surface area contributed by atoms with Gasteiger partial charge in [0.25, 0.3) is 0 Å². The van der Waals surface area contributed by atoms with E-state index in [4.69, 9.17) is 0 Å². The molecule has 0 heterocycles. The van der Waals surface area contributed by atoms with E-state index < -0.39 is 0 Å². The van der Waals surface area contributed by atoms with Gasteiger partial charge in [-0.3, -0.25) is 0 Å². The van der Waals surface area contributed by atoms with Crippen molar-refractivity contribution in [3.63, 3.8) is 0 Å². The molecule has 3 nitrogen and oxygen atoms in total. The van der Waals surface area contributed by atoms with Crippen LogP contribution in [0, 0.1) is 56.2 Å². The van der Waals surface area contributed by atoms with Crippen LogP contribution >= 0.6 is 0 Å². The van der Waals surface area contributed by atoms with Crippen LogP contribution in [-0.4, -0.2) is 22.1 Å². The fraction of sp³-hybridized carbons (Fsp3) is 0.967. The first-order chi connectivity index (χ1) is 15.2. The Kier molecular flexibility index (Phi) is 5.13. The van der Waals surface area contributed by atoms with Crippen molar-refractivity contribution in [2.75, 3.05) is 0 Å². The molecule has 5 rings (SSSR count). The highest BCUT2D eigenvalue weighted by Gasteiger charge is 2.71. The predicted molar refractivity (Wildman–Crippen MR) is 135 cm³/mol. The Balaban J connectivity index is 1.56. The van der Waals surface area contributed by atoms with Crippen LogP contribution in [0.1, 0.15) is 120 Å². The number of aliphatic hydroxyl groups is 1. The molecule has 3 heteroatoms. The second kappa shape index (κ2) is 7.01. The average Bonchev–Trinajstić information content (AvgIpc) is 2.73. The molecule has 0 aromatic heterocycles. The molecular weight excluding hydrogens is 406 g/mol. The molecule has 0 aliphatic heterocycles. The Morgan fingerprint density at radius 2 is 1.36 bits per heavy atom. The van der Waals surface area contributed by atoms with Crippen molar-refractivity contribution in [1.29, 1.82) is 0 Å². The summed E-state index contributed by atoms with van der Waals surface area (Å²) in [7, 11) is 0. The summed E-state index contributed by atoms with van der Waals surface area (Å²) >= 11 is 0. The van der Waals surface area contributed by atoms with Gasteiger partial charge in [0.2, 0.25) is 0 Å². The molecule has 5 aliphatic rings. The van der Waals surface area contributed by atoms with Crippen LogP contribution in [0.5, 0.6) is 0 Å². The highest BCUT2D eigenvalue weighted by molar-refractivity contribution is 5.88. The van der Waals surface area contributed by atoms with Crippen LogP contribution in [0.3, 0.4) is 0 Å². The summed E-state index contributed by atoms with van der Waals surface area (Å²) in [6.07, 6.45) is 12.0. The van der Waals surface area contributed by atoms with Gasteiger partial charge in [-0.1, -0.05) is 60.5 Å². The first-order valence-electron chi connectivity index (χ1n) is 14.1. The number of rotatable bonds is 0. The van der Waals surface area contributed by atoms with Gasteiger partial charge in [0.15, 0.2) is 0 Å². The van der Waals surface area contributed by atoms with E-state index >= 15 is 0 Å². The van der Waals surface area contributed by atoms with Gasteiger partial charge >= 0.3 is 0 Å². The average molecular weight is 458 g/mol. The van der Waals surface area contributed by atoms with Gasteiger partial charge in [-0.15, -0.1) is 0 Å². The Morgan fingerprint density at radius 1 is 0.758 bits per heavy atom. The first-order valence-corrected chi connectivity index (χ1v) is 14.1. The molecule has 10 atom stereocenters. The maximum Gasteiger partial charge on any atom is 0.0632 e. The zero-order valence-corrected chi connectivity index (χ0v) is 22.8. The molecule has 0 unspecified atom stereocenters. The number of hydrogen-bond acceptors (Lipinski definition) is 3. The Hall–Kier alpha value is -0.570. The second-order valence-electron chi connectivity index (χ2n) is 15.6. The third kappa shape index (κ3) is 2.93. The fourth-order valence-corrected chi connectivity index (χ4v) is 11.5. The summed E-state index contributed by atoms with van der Waals surface area (Å²) in [4.78, 5) is 0. The number of hydrogen-bond donors (Lipinski definition) is 2. The summed E-state index contributed by atoms with van der Waals surface area (Å²) in [5, 5.41) is 24.9. The summed E-state index contributed by atoms with van der Waals surface area (Å²) < 4.78 is 0. The quantitative estimate of drug-likeness (QED) is 0.289. The van der Waals surface area contributed by atoms with Crippen molar-refractivity contribution in [3.8, 4) is 0 Å². The normalized spacial score (nSPS) is 59.2. The lowest BCUT2D eigenvalue weighted by atomic mass is 9.30. The minimum Gasteiger partial charge on any atom is -0.411 e. The number of oxime groups is 1. The molecule has 33 heavy (non-hydrogen) atoms. The molecule has 0 spiro atoms. The van der Waals surface area contributed by atoms with Gasteiger partial charge in [-0.05, 0) is 108 Å². The number of fused-ring (bicyclic) bond motifs is 7. The van der Waals surface area contributed by atoms with Crippen molar-refractivity contribution in [2.24, 2.45) is 61.3 Å². The fourth-order valence-electron chi connectivity index (χ4n) is 11.5. The Labute approximate surface area is 203 Å². The minimum atomic E-state index is -0.389. The molecule has 5 saturated carbocycles. The van der Waals surface area contributed by atoms with Crippen molar-refractivity contribution >= 4 is 5.71 Å². The standard InChI is InChI=1S/C30H51NO2/c1-19-20(31-33)17-21(32)24-27(19,5)10-9-22-28(24,6)14-16-30(8)23-18-25(2,3)11-12-26(23,4)13-15-29(22,30)7/h19,21-24,32-33H,9-18H2,1-8H3/b31-20+/t19-,21+,22-,23+,24+,26+,27+,28+,29+,30-/m0/s1. The predicted octanol–water partition coefficient (Wildman–Crippen LogP) is 7.69. The highest BCUT2D eigenvalue weighted by Crippen LogP contribution is 2.78. The van der Waals surface area contributed by atoms with Crippen LogP contribution < -0.4 is 0 Å². The van der Waals surface area contributed by atoms with Crippen molar-refractivity contribution in [1.82, 2.24) is 0 Å². The molecule has 2 N–H and O–H groups in total. The van der Waals surface area contributed by atoms with Crippen LogP contribution in [-0.2, 0) is 0 Å². The molecule has 0 bridgehead atoms. The Bertz CT molecular complexity index is 850. The molecule has 0 saturated heterocycles. The number of aliphatic hydroxyl groups excluding tert-OH is 1. The molecule has 188 valence electrons. The van der Waals surface area contributed by atoms with E-state index in [1.807, 2.05) is 0 Å². The lowest BCUT2D eigenvalue weighted by Crippen LogP contribution is -2.69. The van der Waals surface area contributed by atoms with Crippen molar-refractivity contribution < 1.29 is 10.3 Å². The highest BCUT2D eigenvalue weighted by atomic mass is 16.4. The largest absolute Gasteiger partial charge is 0.411 e. The SMILES string of the molecule is C[C@H]1/C(=N/O)C[C@@H](O)[C@@H]2[C@]1(C)CC[C@H]1[C@@]2(C)CC[C@@]2(C)[C@@H]3CC(C)(C)CC[C@]3(C)CC[C@]12C. The molecule has 5 aliphatic carbocycles. The van der Waals surface area contributed by atoms with E-state index in [1.54, 1.807) is 0 Å². The van der Waals surface area contributed by atoms with E-state index in [2.05, 4.69) is 60.5 Å². The third-order valence-corrected chi connectivity index (χ3v) is 13.8. The summed E-state index contributed by atoms with van der Waals surface area (Å²) in [5.41, 5.74) is 2.69. The summed E-state index contributed by atoms with van der Waals surface area (Å²) in [5.74, 6) is 2.02. The van der Waals surface area contributed by atoms with E-state index in [1.165, 1.54) is 51.4 Å². The van der Waals surface area contributed by atoms with Crippen LogP contribution in [0.15, 0.2) is 5.16 Å². The van der Waals surface area contributed by atoms with Gasteiger partial charge in [0.05, 0.1) is 11.8 Å². The molecular formula is C30H51NO2. The van der Waals surface area contributed by atoms with Gasteiger partial charge in [0.1, 0.15) is 0 Å². The monoisotopic (exact) mass is 457 g/mol. The smallest absolute Gasteiger partial charge is 0.0632 e.